The standard InChI is InChI=1S/C24H29N3O4S/c1-18(31-21-7-5-6-19(16-21)17-25)23(28)26-12-14-27(15-13-26)32(29,30)22-10-8-20(9-11-22)24(2,3)4/h5-11,16,18H,12-15H2,1-4H3. The first-order valence-electron chi connectivity index (χ1n) is 10.6. The maximum absolute atomic E-state index is 13.0. The third-order valence-electron chi connectivity index (χ3n) is 5.53. The zero-order chi connectivity index (χ0) is 23.5. The number of carbonyl (C=O) groups is 1. The lowest BCUT2D eigenvalue weighted by molar-refractivity contribution is -0.139. The van der Waals surface area contributed by atoms with Gasteiger partial charge in [0.1, 0.15) is 5.75 Å². The van der Waals surface area contributed by atoms with Gasteiger partial charge in [-0.05, 0) is 48.2 Å². The van der Waals surface area contributed by atoms with Crippen molar-refractivity contribution < 1.29 is 17.9 Å². The highest BCUT2D eigenvalue weighted by Gasteiger charge is 2.32. The van der Waals surface area contributed by atoms with Crippen LogP contribution in [0.15, 0.2) is 53.4 Å². The van der Waals surface area contributed by atoms with Crippen LogP contribution in [-0.4, -0.2) is 55.8 Å². The predicted octanol–water partition coefficient (Wildman–Crippen LogP) is 3.16. The highest BCUT2D eigenvalue weighted by molar-refractivity contribution is 7.89. The number of piperazine rings is 1. The first-order chi connectivity index (χ1) is 15.0. The number of nitriles is 1. The van der Waals surface area contributed by atoms with Gasteiger partial charge < -0.3 is 9.64 Å². The van der Waals surface area contributed by atoms with Crippen LogP contribution < -0.4 is 4.74 Å². The van der Waals surface area contributed by atoms with E-state index in [1.54, 1.807) is 48.2 Å². The van der Waals surface area contributed by atoms with Crippen molar-refractivity contribution in [1.82, 2.24) is 9.21 Å². The van der Waals surface area contributed by atoms with E-state index in [1.165, 1.54) is 4.31 Å². The van der Waals surface area contributed by atoms with Crippen molar-refractivity contribution in [3.8, 4) is 11.8 Å². The van der Waals surface area contributed by atoms with Gasteiger partial charge in [0, 0.05) is 26.2 Å². The minimum Gasteiger partial charge on any atom is -0.481 e. The predicted molar refractivity (Wildman–Crippen MR) is 122 cm³/mol. The Morgan fingerprint density at radius 2 is 1.69 bits per heavy atom. The van der Waals surface area contributed by atoms with Crippen LogP contribution in [0.4, 0.5) is 0 Å². The first-order valence-corrected chi connectivity index (χ1v) is 12.0. The Morgan fingerprint density at radius 3 is 2.25 bits per heavy atom. The molecule has 2 aromatic rings. The third kappa shape index (κ3) is 5.29. The SMILES string of the molecule is CC(Oc1cccc(C#N)c1)C(=O)N1CCN(S(=O)(=O)c2ccc(C(C)(C)C)cc2)CC1. The third-order valence-corrected chi connectivity index (χ3v) is 7.45. The summed E-state index contributed by atoms with van der Waals surface area (Å²) in [5.41, 5.74) is 1.47. The lowest BCUT2D eigenvalue weighted by Gasteiger charge is -2.35. The molecule has 8 heteroatoms. The van der Waals surface area contributed by atoms with Crippen LogP contribution in [-0.2, 0) is 20.2 Å². The number of hydrogen-bond donors (Lipinski definition) is 0. The molecule has 3 rings (SSSR count). The zero-order valence-corrected chi connectivity index (χ0v) is 19.7. The molecule has 170 valence electrons. The van der Waals surface area contributed by atoms with Gasteiger partial charge in [-0.15, -0.1) is 0 Å². The molecular weight excluding hydrogens is 426 g/mol. The van der Waals surface area contributed by atoms with Gasteiger partial charge in [0.15, 0.2) is 6.10 Å². The molecule has 1 fully saturated rings. The quantitative estimate of drug-likeness (QED) is 0.691. The van der Waals surface area contributed by atoms with Crippen LogP contribution in [0.25, 0.3) is 0 Å². The summed E-state index contributed by atoms with van der Waals surface area (Å²) in [7, 11) is -3.62. The minimum absolute atomic E-state index is 0.0526. The van der Waals surface area contributed by atoms with Crippen molar-refractivity contribution >= 4 is 15.9 Å². The van der Waals surface area contributed by atoms with E-state index >= 15 is 0 Å². The fourth-order valence-corrected chi connectivity index (χ4v) is 5.00. The molecule has 32 heavy (non-hydrogen) atoms. The summed E-state index contributed by atoms with van der Waals surface area (Å²) in [6, 6.07) is 15.7. The van der Waals surface area contributed by atoms with Gasteiger partial charge in [0.05, 0.1) is 16.5 Å². The van der Waals surface area contributed by atoms with Gasteiger partial charge in [0.25, 0.3) is 5.91 Å². The summed E-state index contributed by atoms with van der Waals surface area (Å²) in [5.74, 6) is 0.240. The molecule has 7 nitrogen and oxygen atoms in total. The van der Waals surface area contributed by atoms with Crippen LogP contribution in [0.5, 0.6) is 5.75 Å². The van der Waals surface area contributed by atoms with Crippen LogP contribution >= 0.6 is 0 Å². The number of nitrogens with zero attached hydrogens (tertiary/aromatic N) is 3. The van der Waals surface area contributed by atoms with Gasteiger partial charge in [-0.2, -0.15) is 9.57 Å². The van der Waals surface area contributed by atoms with Crippen molar-refractivity contribution in [2.24, 2.45) is 0 Å². The van der Waals surface area contributed by atoms with Crippen LogP contribution in [0.1, 0.15) is 38.8 Å². The summed E-state index contributed by atoms with van der Waals surface area (Å²) in [6.45, 7) is 8.94. The number of rotatable bonds is 5. The summed E-state index contributed by atoms with van der Waals surface area (Å²) in [6.07, 6.45) is -0.739. The van der Waals surface area contributed by atoms with Crippen LogP contribution in [0, 0.1) is 11.3 Å². The molecule has 0 aliphatic carbocycles. The van der Waals surface area contributed by atoms with Crippen molar-refractivity contribution in [2.75, 3.05) is 26.2 Å². The number of benzene rings is 2. The van der Waals surface area contributed by atoms with E-state index in [-0.39, 0.29) is 29.3 Å². The van der Waals surface area contributed by atoms with Crippen molar-refractivity contribution in [3.63, 3.8) is 0 Å². The van der Waals surface area contributed by atoms with Gasteiger partial charge in [-0.1, -0.05) is 39.0 Å². The summed E-state index contributed by atoms with van der Waals surface area (Å²) >= 11 is 0. The molecule has 0 spiro atoms. The Morgan fingerprint density at radius 1 is 1.06 bits per heavy atom. The smallest absolute Gasteiger partial charge is 0.263 e. The fourth-order valence-electron chi connectivity index (χ4n) is 3.58. The van der Waals surface area contributed by atoms with Gasteiger partial charge >= 0.3 is 0 Å². The largest absolute Gasteiger partial charge is 0.481 e. The van der Waals surface area contributed by atoms with Gasteiger partial charge in [0.2, 0.25) is 10.0 Å². The van der Waals surface area contributed by atoms with E-state index in [0.29, 0.717) is 24.4 Å². The Kier molecular flexibility index (Phi) is 6.91. The normalized spacial score (nSPS) is 16.3. The Bertz CT molecular complexity index is 1110. The summed E-state index contributed by atoms with van der Waals surface area (Å²) in [4.78, 5) is 14.7. The highest BCUT2D eigenvalue weighted by atomic mass is 32.2. The van der Waals surface area contributed by atoms with Crippen molar-refractivity contribution in [2.45, 2.75) is 44.1 Å². The van der Waals surface area contributed by atoms with E-state index in [4.69, 9.17) is 10.00 Å². The highest BCUT2D eigenvalue weighted by Crippen LogP contribution is 2.25. The molecule has 0 radical (unpaired) electrons. The number of amides is 1. The number of sulfonamides is 1. The molecular formula is C24H29N3O4S. The molecule has 1 saturated heterocycles. The Hall–Kier alpha value is -2.89. The molecule has 1 atom stereocenters. The maximum Gasteiger partial charge on any atom is 0.263 e. The molecule has 1 aliphatic rings. The summed E-state index contributed by atoms with van der Waals surface area (Å²) < 4.78 is 33.2. The Balaban J connectivity index is 1.61. The lowest BCUT2D eigenvalue weighted by Crippen LogP contribution is -2.53. The van der Waals surface area contributed by atoms with Crippen LogP contribution in [0.3, 0.4) is 0 Å². The van der Waals surface area contributed by atoms with E-state index in [9.17, 15) is 13.2 Å². The van der Waals surface area contributed by atoms with Gasteiger partial charge in [-0.25, -0.2) is 8.42 Å². The molecule has 2 aromatic carbocycles. The van der Waals surface area contributed by atoms with Gasteiger partial charge in [-0.3, -0.25) is 4.79 Å². The molecule has 0 saturated carbocycles. The van der Waals surface area contributed by atoms with E-state index in [1.807, 2.05) is 18.2 Å². The molecule has 0 bridgehead atoms. The van der Waals surface area contributed by atoms with Crippen molar-refractivity contribution in [3.05, 3.63) is 59.7 Å². The molecule has 0 N–H and O–H groups in total. The monoisotopic (exact) mass is 455 g/mol. The van der Waals surface area contributed by atoms with E-state index in [0.717, 1.165) is 5.56 Å². The maximum atomic E-state index is 13.0. The number of hydrogen-bond acceptors (Lipinski definition) is 5. The van der Waals surface area contributed by atoms with Crippen molar-refractivity contribution in [1.29, 1.82) is 5.26 Å². The van der Waals surface area contributed by atoms with E-state index < -0.39 is 16.1 Å². The molecule has 1 aliphatic heterocycles. The minimum atomic E-state index is -3.62. The number of carbonyl (C=O) groups excluding carboxylic acids is 1. The Labute approximate surface area is 190 Å². The first kappa shape index (κ1) is 23.8. The molecule has 1 heterocycles. The molecule has 1 unspecified atom stereocenters. The number of ether oxygens (including phenoxy) is 1. The average molecular weight is 456 g/mol. The summed E-state index contributed by atoms with van der Waals surface area (Å²) in [5, 5.41) is 9.00. The average Bonchev–Trinajstić information content (AvgIpc) is 2.78. The second-order valence-electron chi connectivity index (χ2n) is 8.90. The van der Waals surface area contributed by atoms with E-state index in [2.05, 4.69) is 20.8 Å². The fraction of sp³-hybridized carbons (Fsp3) is 0.417. The second-order valence-corrected chi connectivity index (χ2v) is 10.8. The lowest BCUT2D eigenvalue weighted by atomic mass is 9.87. The second kappa shape index (κ2) is 9.31. The van der Waals surface area contributed by atoms with Crippen LogP contribution in [0.2, 0.25) is 0 Å². The zero-order valence-electron chi connectivity index (χ0n) is 18.9. The topological polar surface area (TPSA) is 90.7 Å². The molecule has 1 amide bonds. The molecule has 0 aromatic heterocycles.